The van der Waals surface area contributed by atoms with Crippen LogP contribution in [-0.2, 0) is 20.2 Å². The van der Waals surface area contributed by atoms with Crippen molar-refractivity contribution in [3.05, 3.63) is 42.6 Å². The minimum Gasteiger partial charge on any atom is -0.282 e. The quantitative estimate of drug-likeness (QED) is 0.566. The first-order valence-electron chi connectivity index (χ1n) is 6.69. The molecule has 0 amide bonds. The molecule has 0 atom stereocenters. The van der Waals surface area contributed by atoms with Gasteiger partial charge in [-0.25, -0.2) is 0 Å². The van der Waals surface area contributed by atoms with Crippen LogP contribution in [0, 0.1) is 0 Å². The summed E-state index contributed by atoms with van der Waals surface area (Å²) in [5, 5.41) is 5.72. The summed E-state index contributed by atoms with van der Waals surface area (Å²) in [6.45, 7) is 0. The van der Waals surface area contributed by atoms with E-state index in [1.54, 1.807) is 12.3 Å². The zero-order chi connectivity index (χ0) is 18.2. The molecule has 0 saturated heterocycles. The van der Waals surface area contributed by atoms with Crippen molar-refractivity contribution in [1.82, 2.24) is 10.7 Å². The van der Waals surface area contributed by atoms with E-state index in [1.807, 2.05) is 0 Å². The van der Waals surface area contributed by atoms with Gasteiger partial charge in [-0.2, -0.15) is 16.8 Å². The van der Waals surface area contributed by atoms with E-state index in [2.05, 4.69) is 16.0 Å². The van der Waals surface area contributed by atoms with Crippen molar-refractivity contribution in [2.24, 2.45) is 5.10 Å². The number of nitrogens with one attached hydrogen (secondary N) is 2. The van der Waals surface area contributed by atoms with Gasteiger partial charge in [0.05, 0.1) is 21.7 Å². The fraction of sp³-hybridized carbons (Fsp3) is 0. The van der Waals surface area contributed by atoms with E-state index in [-0.39, 0.29) is 11.1 Å². The largest absolute Gasteiger partial charge is 0.294 e. The Hall–Kier alpha value is -2.67. The van der Waals surface area contributed by atoms with Gasteiger partial charge in [-0.1, -0.05) is 6.07 Å². The molecule has 1 aliphatic heterocycles. The van der Waals surface area contributed by atoms with Gasteiger partial charge in [-0.05, 0) is 35.7 Å². The Morgan fingerprint density at radius 3 is 2.28 bits per heavy atom. The van der Waals surface area contributed by atoms with E-state index in [0.29, 0.717) is 5.39 Å². The molecule has 0 aliphatic carbocycles. The number of allylic oxidation sites excluding steroid dienone is 1. The molecule has 0 fully saturated rings. The maximum absolute atomic E-state index is 11.5. The topological polar surface area (TPSA) is 148 Å². The van der Waals surface area contributed by atoms with Gasteiger partial charge < -0.3 is 0 Å². The van der Waals surface area contributed by atoms with Crippen LogP contribution in [0.15, 0.2) is 57.5 Å². The van der Waals surface area contributed by atoms with E-state index in [9.17, 15) is 21.4 Å². The smallest absolute Gasteiger partial charge is 0.282 e. The number of hydrazone groups is 1. The SMILES string of the molecule is O=S(=O)(O)c1ccc2c(NN3N=CC=CN3)cc(S(=O)(=O)O)cc2c1. The number of benzene rings is 2. The van der Waals surface area contributed by atoms with Crippen LogP contribution in [0.4, 0.5) is 5.69 Å². The molecule has 12 heteroatoms. The molecule has 3 rings (SSSR count). The second-order valence-electron chi connectivity index (χ2n) is 4.98. The molecule has 1 heterocycles. The third-order valence-corrected chi connectivity index (χ3v) is 4.96. The monoisotopic (exact) mass is 384 g/mol. The number of hydrazine groups is 2. The lowest BCUT2D eigenvalue weighted by Gasteiger charge is -2.23. The highest BCUT2D eigenvalue weighted by atomic mass is 32.2. The van der Waals surface area contributed by atoms with Crippen LogP contribution in [0.5, 0.6) is 0 Å². The van der Waals surface area contributed by atoms with E-state index >= 15 is 0 Å². The summed E-state index contributed by atoms with van der Waals surface area (Å²) in [6.07, 6.45) is 4.66. The van der Waals surface area contributed by atoms with Crippen molar-refractivity contribution < 1.29 is 25.9 Å². The minimum atomic E-state index is -4.55. The van der Waals surface area contributed by atoms with Gasteiger partial charge in [-0.3, -0.25) is 20.0 Å². The van der Waals surface area contributed by atoms with Crippen LogP contribution < -0.4 is 10.9 Å². The summed E-state index contributed by atoms with van der Waals surface area (Å²) < 4.78 is 64.0. The van der Waals surface area contributed by atoms with Gasteiger partial charge in [0.2, 0.25) is 0 Å². The zero-order valence-corrected chi connectivity index (χ0v) is 14.0. The molecule has 0 spiro atoms. The standard InChI is InChI=1S/C13H12N4O6S2/c18-24(19,20)10-2-3-12-9(6-10)7-11(25(21,22)23)8-13(12)16-17-14-4-1-5-15-17/h1-8,14,16H,(H,18,19,20)(H,21,22,23). The van der Waals surface area contributed by atoms with Gasteiger partial charge >= 0.3 is 0 Å². The first kappa shape index (κ1) is 17.2. The van der Waals surface area contributed by atoms with Crippen molar-refractivity contribution in [3.63, 3.8) is 0 Å². The second-order valence-corrected chi connectivity index (χ2v) is 7.82. The third-order valence-electron chi connectivity index (χ3n) is 3.28. The van der Waals surface area contributed by atoms with Crippen molar-refractivity contribution >= 4 is 42.9 Å². The molecule has 0 aromatic heterocycles. The van der Waals surface area contributed by atoms with Crippen LogP contribution in [0.2, 0.25) is 0 Å². The maximum Gasteiger partial charge on any atom is 0.294 e. The number of anilines is 1. The lowest BCUT2D eigenvalue weighted by molar-refractivity contribution is 0.286. The summed E-state index contributed by atoms with van der Waals surface area (Å²) in [4.78, 5) is -0.859. The summed E-state index contributed by atoms with van der Waals surface area (Å²) >= 11 is 0. The van der Waals surface area contributed by atoms with Gasteiger partial charge in [0.25, 0.3) is 20.2 Å². The van der Waals surface area contributed by atoms with E-state index < -0.39 is 30.0 Å². The van der Waals surface area contributed by atoms with Crippen LogP contribution in [-0.4, -0.2) is 37.4 Å². The summed E-state index contributed by atoms with van der Waals surface area (Å²) in [5.41, 5.74) is 5.73. The van der Waals surface area contributed by atoms with Gasteiger partial charge in [0.15, 0.2) is 0 Å². The molecule has 1 aliphatic rings. The zero-order valence-electron chi connectivity index (χ0n) is 12.4. The first-order chi connectivity index (χ1) is 11.6. The third kappa shape index (κ3) is 3.71. The second kappa shape index (κ2) is 6.00. The summed E-state index contributed by atoms with van der Waals surface area (Å²) in [6, 6.07) is 5.91. The molecule has 2 aromatic rings. The molecule has 25 heavy (non-hydrogen) atoms. The lowest BCUT2D eigenvalue weighted by atomic mass is 10.1. The fourth-order valence-electron chi connectivity index (χ4n) is 2.19. The maximum atomic E-state index is 11.5. The fourth-order valence-corrected chi connectivity index (χ4v) is 3.25. The van der Waals surface area contributed by atoms with Crippen molar-refractivity contribution in [3.8, 4) is 0 Å². The van der Waals surface area contributed by atoms with Crippen molar-refractivity contribution in [1.29, 1.82) is 0 Å². The van der Waals surface area contributed by atoms with Crippen LogP contribution >= 0.6 is 0 Å². The van der Waals surface area contributed by atoms with E-state index in [1.165, 1.54) is 29.6 Å². The Morgan fingerprint density at radius 1 is 1.00 bits per heavy atom. The van der Waals surface area contributed by atoms with Crippen LogP contribution in [0.3, 0.4) is 0 Å². The molecule has 10 nitrogen and oxygen atoms in total. The Bertz CT molecular complexity index is 1100. The first-order valence-corrected chi connectivity index (χ1v) is 9.57. The van der Waals surface area contributed by atoms with Gasteiger partial charge in [0.1, 0.15) is 0 Å². The number of hydrogen-bond donors (Lipinski definition) is 4. The van der Waals surface area contributed by atoms with Crippen molar-refractivity contribution in [2.75, 3.05) is 5.43 Å². The van der Waals surface area contributed by atoms with Crippen LogP contribution in [0.1, 0.15) is 0 Å². The molecule has 0 unspecified atom stereocenters. The van der Waals surface area contributed by atoms with Gasteiger partial charge in [0, 0.05) is 11.6 Å². The Morgan fingerprint density at radius 2 is 1.68 bits per heavy atom. The average Bonchev–Trinajstić information content (AvgIpc) is 2.53. The highest BCUT2D eigenvalue weighted by Gasteiger charge is 2.17. The number of hydrogen-bond acceptors (Lipinski definition) is 8. The predicted octanol–water partition coefficient (Wildman–Crippen LogP) is 0.980. The number of rotatable bonds is 4. The molecular weight excluding hydrogens is 372 g/mol. The Kier molecular flexibility index (Phi) is 4.12. The number of nitrogens with zero attached hydrogens (tertiary/aromatic N) is 2. The highest BCUT2D eigenvalue weighted by Crippen LogP contribution is 2.30. The molecule has 0 saturated carbocycles. The predicted molar refractivity (Wildman–Crippen MR) is 89.8 cm³/mol. The molecule has 132 valence electrons. The Labute approximate surface area is 142 Å². The molecular formula is C13H12N4O6S2. The van der Waals surface area contributed by atoms with E-state index in [4.69, 9.17) is 4.55 Å². The number of fused-ring (bicyclic) bond motifs is 1. The molecule has 2 aromatic carbocycles. The normalized spacial score (nSPS) is 14.6. The molecule has 0 radical (unpaired) electrons. The lowest BCUT2D eigenvalue weighted by Crippen LogP contribution is -2.36. The van der Waals surface area contributed by atoms with Gasteiger partial charge in [-0.15, -0.1) is 10.3 Å². The molecule has 4 N–H and O–H groups in total. The Balaban J connectivity index is 2.19. The van der Waals surface area contributed by atoms with Crippen LogP contribution in [0.25, 0.3) is 10.8 Å². The van der Waals surface area contributed by atoms with Crippen molar-refractivity contribution in [2.45, 2.75) is 9.79 Å². The van der Waals surface area contributed by atoms with E-state index in [0.717, 1.165) is 12.1 Å². The highest BCUT2D eigenvalue weighted by molar-refractivity contribution is 7.86. The summed E-state index contributed by atoms with van der Waals surface area (Å²) in [7, 11) is -9.02. The minimum absolute atomic E-state index is 0.171. The summed E-state index contributed by atoms with van der Waals surface area (Å²) in [5.74, 6) is 0. The molecule has 0 bridgehead atoms. The average molecular weight is 384 g/mol.